The average Bonchev–Trinajstić information content (AvgIpc) is 2.00. The maximum Gasteiger partial charge on any atom is 0.329 e. The molecule has 0 amide bonds. The topological polar surface area (TPSA) is 91.7 Å². The fourth-order valence-electron chi connectivity index (χ4n) is 0.534. The Morgan fingerprint density at radius 1 is 1.15 bits per heavy atom. The van der Waals surface area contributed by atoms with Crippen molar-refractivity contribution in [2.75, 3.05) is 0 Å². The van der Waals surface area contributed by atoms with E-state index in [0.29, 0.717) is 0 Å². The highest BCUT2D eigenvalue weighted by Crippen LogP contribution is 2.10. The molecular weight excluding hydrogens is 223 g/mol. The fourth-order valence-corrected chi connectivity index (χ4v) is 1.01. The standard InChI is InChI=1S/C6H6Cl2O5/c7-2(1-3(9)10)5(11)4(8)6(12)13/h2,4H,1H2,(H,9,10)(H,12,13). The predicted molar refractivity (Wildman–Crippen MR) is 44.2 cm³/mol. The summed E-state index contributed by atoms with van der Waals surface area (Å²) in [7, 11) is 0. The maximum atomic E-state index is 10.9. The van der Waals surface area contributed by atoms with Crippen molar-refractivity contribution in [2.24, 2.45) is 0 Å². The van der Waals surface area contributed by atoms with Crippen LogP contribution in [0.15, 0.2) is 0 Å². The molecule has 5 nitrogen and oxygen atoms in total. The molecule has 0 rings (SSSR count). The summed E-state index contributed by atoms with van der Waals surface area (Å²) >= 11 is 10.4. The second kappa shape index (κ2) is 5.04. The number of aliphatic carboxylic acids is 2. The van der Waals surface area contributed by atoms with Gasteiger partial charge in [-0.15, -0.1) is 23.2 Å². The Hall–Kier alpha value is -0.810. The second-order valence-electron chi connectivity index (χ2n) is 2.17. The third-order valence-electron chi connectivity index (χ3n) is 1.13. The molecule has 0 spiro atoms. The lowest BCUT2D eigenvalue weighted by Crippen LogP contribution is -2.32. The summed E-state index contributed by atoms with van der Waals surface area (Å²) in [6, 6.07) is 0. The number of carbonyl (C=O) groups excluding carboxylic acids is 1. The molecule has 0 aromatic rings. The SMILES string of the molecule is O=C(O)CC(Cl)C(=O)C(Cl)C(=O)O. The van der Waals surface area contributed by atoms with Gasteiger partial charge in [-0.1, -0.05) is 0 Å². The van der Waals surface area contributed by atoms with E-state index in [1.54, 1.807) is 0 Å². The van der Waals surface area contributed by atoms with Crippen LogP contribution in [0.5, 0.6) is 0 Å². The van der Waals surface area contributed by atoms with Crippen molar-refractivity contribution in [1.82, 2.24) is 0 Å². The van der Waals surface area contributed by atoms with E-state index in [9.17, 15) is 14.4 Å². The van der Waals surface area contributed by atoms with Crippen LogP contribution >= 0.6 is 23.2 Å². The van der Waals surface area contributed by atoms with Gasteiger partial charge in [0.05, 0.1) is 6.42 Å². The normalized spacial score (nSPS) is 14.6. The molecule has 7 heteroatoms. The minimum Gasteiger partial charge on any atom is -0.481 e. The summed E-state index contributed by atoms with van der Waals surface area (Å²) < 4.78 is 0. The van der Waals surface area contributed by atoms with Crippen LogP contribution in [0.4, 0.5) is 0 Å². The van der Waals surface area contributed by atoms with E-state index in [1.807, 2.05) is 0 Å². The molecule has 2 unspecified atom stereocenters. The lowest BCUT2D eigenvalue weighted by molar-refractivity contribution is -0.142. The van der Waals surface area contributed by atoms with Crippen LogP contribution in [-0.4, -0.2) is 38.7 Å². The van der Waals surface area contributed by atoms with Crippen molar-refractivity contribution in [3.05, 3.63) is 0 Å². The number of carboxylic acids is 2. The molecule has 0 bridgehead atoms. The van der Waals surface area contributed by atoms with E-state index < -0.39 is 34.9 Å². The van der Waals surface area contributed by atoms with Crippen LogP contribution in [0, 0.1) is 0 Å². The molecule has 0 fully saturated rings. The summed E-state index contributed by atoms with van der Waals surface area (Å²) in [5.41, 5.74) is 0. The first-order valence-electron chi connectivity index (χ1n) is 3.12. The number of halogens is 2. The van der Waals surface area contributed by atoms with Gasteiger partial charge in [0.25, 0.3) is 0 Å². The van der Waals surface area contributed by atoms with Crippen molar-refractivity contribution < 1.29 is 24.6 Å². The summed E-state index contributed by atoms with van der Waals surface area (Å²) in [6.45, 7) is 0. The number of alkyl halides is 2. The smallest absolute Gasteiger partial charge is 0.329 e. The monoisotopic (exact) mass is 228 g/mol. The van der Waals surface area contributed by atoms with Gasteiger partial charge in [-0.05, 0) is 0 Å². The second-order valence-corrected chi connectivity index (χ2v) is 3.13. The molecule has 2 N–H and O–H groups in total. The molecule has 0 saturated carbocycles. The van der Waals surface area contributed by atoms with Gasteiger partial charge in [0, 0.05) is 0 Å². The van der Waals surface area contributed by atoms with E-state index in [-0.39, 0.29) is 0 Å². The van der Waals surface area contributed by atoms with Crippen molar-refractivity contribution in [3.8, 4) is 0 Å². The number of Topliss-reactive ketones (excluding diaryl/α,β-unsaturated/α-hetero) is 1. The van der Waals surface area contributed by atoms with Gasteiger partial charge in [-0.3, -0.25) is 14.4 Å². The first kappa shape index (κ1) is 12.2. The number of carbonyl (C=O) groups is 3. The Morgan fingerprint density at radius 2 is 1.62 bits per heavy atom. The Kier molecular flexibility index (Phi) is 4.72. The molecule has 0 heterocycles. The van der Waals surface area contributed by atoms with Crippen LogP contribution in [0.3, 0.4) is 0 Å². The Balaban J connectivity index is 4.25. The molecule has 0 aromatic heterocycles. The van der Waals surface area contributed by atoms with Crippen LogP contribution in [0.2, 0.25) is 0 Å². The molecule has 2 atom stereocenters. The maximum absolute atomic E-state index is 10.9. The van der Waals surface area contributed by atoms with Crippen LogP contribution in [0.1, 0.15) is 6.42 Å². The van der Waals surface area contributed by atoms with Crippen LogP contribution in [-0.2, 0) is 14.4 Å². The average molecular weight is 229 g/mol. The highest BCUT2D eigenvalue weighted by atomic mass is 35.5. The lowest BCUT2D eigenvalue weighted by atomic mass is 10.1. The van der Waals surface area contributed by atoms with Crippen molar-refractivity contribution in [1.29, 1.82) is 0 Å². The van der Waals surface area contributed by atoms with Gasteiger partial charge in [0.1, 0.15) is 5.38 Å². The molecular formula is C6H6Cl2O5. The van der Waals surface area contributed by atoms with Crippen molar-refractivity contribution in [3.63, 3.8) is 0 Å². The molecule has 74 valence electrons. The van der Waals surface area contributed by atoms with Crippen LogP contribution in [0.25, 0.3) is 0 Å². The largest absolute Gasteiger partial charge is 0.481 e. The van der Waals surface area contributed by atoms with E-state index in [1.165, 1.54) is 0 Å². The number of rotatable bonds is 5. The zero-order valence-electron chi connectivity index (χ0n) is 6.24. The quantitative estimate of drug-likeness (QED) is 0.523. The minimum absolute atomic E-state index is 0.642. The molecule has 0 aliphatic carbocycles. The number of hydrogen-bond acceptors (Lipinski definition) is 3. The Labute approximate surface area is 83.2 Å². The summed E-state index contributed by atoms with van der Waals surface area (Å²) in [6.07, 6.45) is -0.642. The first-order valence-corrected chi connectivity index (χ1v) is 4.00. The van der Waals surface area contributed by atoms with Crippen molar-refractivity contribution in [2.45, 2.75) is 17.2 Å². The third kappa shape index (κ3) is 4.10. The third-order valence-corrected chi connectivity index (χ3v) is 1.90. The molecule has 0 saturated heterocycles. The minimum atomic E-state index is -1.79. The fraction of sp³-hybridized carbons (Fsp3) is 0.500. The molecule has 13 heavy (non-hydrogen) atoms. The van der Waals surface area contributed by atoms with E-state index in [4.69, 9.17) is 33.4 Å². The highest BCUT2D eigenvalue weighted by Gasteiger charge is 2.30. The lowest BCUT2D eigenvalue weighted by Gasteiger charge is -2.06. The zero-order valence-corrected chi connectivity index (χ0v) is 7.75. The van der Waals surface area contributed by atoms with Gasteiger partial charge < -0.3 is 10.2 Å². The number of ketones is 1. The highest BCUT2D eigenvalue weighted by molar-refractivity contribution is 6.46. The van der Waals surface area contributed by atoms with E-state index in [2.05, 4.69) is 0 Å². The Morgan fingerprint density at radius 3 is 1.92 bits per heavy atom. The van der Waals surface area contributed by atoms with Gasteiger partial charge in [0.2, 0.25) is 0 Å². The molecule has 0 aromatic carbocycles. The number of hydrogen-bond donors (Lipinski definition) is 2. The molecule has 0 aliphatic rings. The first-order chi connectivity index (χ1) is 5.86. The summed E-state index contributed by atoms with van der Waals surface area (Å²) in [5, 5.41) is 13.3. The van der Waals surface area contributed by atoms with Crippen molar-refractivity contribution >= 4 is 40.9 Å². The molecule has 0 aliphatic heterocycles. The zero-order chi connectivity index (χ0) is 10.6. The van der Waals surface area contributed by atoms with Gasteiger partial charge >= 0.3 is 11.9 Å². The van der Waals surface area contributed by atoms with Gasteiger partial charge in [0.15, 0.2) is 11.2 Å². The van der Waals surface area contributed by atoms with E-state index in [0.717, 1.165) is 0 Å². The summed E-state index contributed by atoms with van der Waals surface area (Å²) in [4.78, 5) is 31.2. The molecule has 0 radical (unpaired) electrons. The van der Waals surface area contributed by atoms with Crippen LogP contribution < -0.4 is 0 Å². The van der Waals surface area contributed by atoms with Gasteiger partial charge in [-0.25, -0.2) is 0 Å². The summed E-state index contributed by atoms with van der Waals surface area (Å²) in [5.74, 6) is -3.84. The predicted octanol–water partition coefficient (Wildman–Crippen LogP) is 0.330. The number of carboxylic acid groups (broad SMARTS) is 2. The van der Waals surface area contributed by atoms with Gasteiger partial charge in [-0.2, -0.15) is 0 Å². The Bertz CT molecular complexity index is 239. The van der Waals surface area contributed by atoms with E-state index >= 15 is 0 Å².